The Morgan fingerprint density at radius 1 is 0.815 bits per heavy atom. The molecule has 0 aliphatic heterocycles. The molecule has 0 saturated carbocycles. The Morgan fingerprint density at radius 3 is 1.96 bits per heavy atom. The molecule has 0 aromatic heterocycles. The molecule has 0 aliphatic carbocycles. The predicted molar refractivity (Wildman–Crippen MR) is 114 cm³/mol. The fourth-order valence-corrected chi connectivity index (χ4v) is 2.77. The topological polar surface area (TPSA) is 43.1 Å². The molecule has 140 valence electrons. The number of aryl methyl sites for hydroxylation is 3. The minimum atomic E-state index is -0.367. The summed E-state index contributed by atoms with van der Waals surface area (Å²) in [7, 11) is 0. The van der Waals surface area contributed by atoms with Crippen molar-refractivity contribution in [2.45, 2.75) is 39.5 Å². The maximum atomic E-state index is 11.2. The average Bonchev–Trinajstić information content (AvgIpc) is 2.68. The van der Waals surface area contributed by atoms with Crippen LogP contribution in [0.25, 0.3) is 0 Å². The lowest BCUT2D eigenvalue weighted by Crippen LogP contribution is -2.11. The van der Waals surface area contributed by atoms with E-state index >= 15 is 0 Å². The molecule has 3 aromatic carbocycles. The number of hydrogen-bond acceptors (Lipinski definition) is 1. The lowest BCUT2D eigenvalue weighted by Gasteiger charge is -2.07. The van der Waals surface area contributed by atoms with Crippen molar-refractivity contribution >= 4 is 5.91 Å². The largest absolute Gasteiger partial charge is 0.366 e. The van der Waals surface area contributed by atoms with Gasteiger partial charge in [0.05, 0.1) is 0 Å². The summed E-state index contributed by atoms with van der Waals surface area (Å²) in [6.07, 6.45) is 1.89. The lowest BCUT2D eigenvalue weighted by atomic mass is 9.98. The molecule has 1 amide bonds. The van der Waals surface area contributed by atoms with E-state index in [0.29, 0.717) is 11.5 Å². The molecular weight excluding hydrogens is 330 g/mol. The molecular formula is C25H29NO. The molecule has 2 heteroatoms. The molecule has 0 fully saturated rings. The Balaban J connectivity index is 0.000000313. The SMILES string of the molecule is CC(C)c1ccc(CCc2cccc(C(N)=O)c2)cc1.Cc1ccccc1. The van der Waals surface area contributed by atoms with E-state index in [1.807, 2.05) is 36.4 Å². The van der Waals surface area contributed by atoms with Crippen LogP contribution in [0.4, 0.5) is 0 Å². The van der Waals surface area contributed by atoms with E-state index in [2.05, 4.69) is 57.2 Å². The van der Waals surface area contributed by atoms with Crippen LogP contribution in [0, 0.1) is 6.92 Å². The van der Waals surface area contributed by atoms with Crippen molar-refractivity contribution in [3.05, 3.63) is 107 Å². The van der Waals surface area contributed by atoms with Gasteiger partial charge in [-0.25, -0.2) is 0 Å². The summed E-state index contributed by atoms with van der Waals surface area (Å²) in [6, 6.07) is 26.6. The summed E-state index contributed by atoms with van der Waals surface area (Å²) in [6.45, 7) is 6.48. The number of carbonyl (C=O) groups is 1. The molecule has 0 atom stereocenters. The highest BCUT2D eigenvalue weighted by molar-refractivity contribution is 5.92. The fraction of sp³-hybridized carbons (Fsp3) is 0.240. The van der Waals surface area contributed by atoms with E-state index in [9.17, 15) is 4.79 Å². The van der Waals surface area contributed by atoms with Gasteiger partial charge in [-0.1, -0.05) is 86.1 Å². The van der Waals surface area contributed by atoms with E-state index < -0.39 is 0 Å². The first-order chi connectivity index (χ1) is 13.0. The van der Waals surface area contributed by atoms with Gasteiger partial charge in [0.25, 0.3) is 0 Å². The van der Waals surface area contributed by atoms with Crippen molar-refractivity contribution in [1.29, 1.82) is 0 Å². The van der Waals surface area contributed by atoms with Crippen LogP contribution in [-0.4, -0.2) is 5.91 Å². The minimum absolute atomic E-state index is 0.367. The van der Waals surface area contributed by atoms with Gasteiger partial charge in [0.15, 0.2) is 0 Å². The van der Waals surface area contributed by atoms with Gasteiger partial charge in [0, 0.05) is 5.56 Å². The van der Waals surface area contributed by atoms with E-state index in [0.717, 1.165) is 18.4 Å². The summed E-state index contributed by atoms with van der Waals surface area (Å²) in [5.41, 5.74) is 11.0. The Bertz CT molecular complexity index is 836. The molecule has 3 rings (SSSR count). The summed E-state index contributed by atoms with van der Waals surface area (Å²) >= 11 is 0. The molecule has 0 spiro atoms. The zero-order valence-electron chi connectivity index (χ0n) is 16.5. The average molecular weight is 360 g/mol. The molecule has 0 saturated heterocycles. The van der Waals surface area contributed by atoms with Crippen LogP contribution in [0.5, 0.6) is 0 Å². The lowest BCUT2D eigenvalue weighted by molar-refractivity contribution is 0.1000. The van der Waals surface area contributed by atoms with Crippen molar-refractivity contribution in [3.8, 4) is 0 Å². The maximum Gasteiger partial charge on any atom is 0.248 e. The number of hydrogen-bond donors (Lipinski definition) is 1. The third-order valence-electron chi connectivity index (χ3n) is 4.50. The number of primary amides is 1. The molecule has 27 heavy (non-hydrogen) atoms. The van der Waals surface area contributed by atoms with Crippen LogP contribution in [0.1, 0.15) is 52.4 Å². The van der Waals surface area contributed by atoms with Gasteiger partial charge in [-0.05, 0) is 54.5 Å². The zero-order chi connectivity index (χ0) is 19.6. The van der Waals surface area contributed by atoms with Crippen LogP contribution < -0.4 is 5.73 Å². The molecule has 0 radical (unpaired) electrons. The number of benzene rings is 3. The third kappa shape index (κ3) is 7.10. The second kappa shape index (κ2) is 10.3. The van der Waals surface area contributed by atoms with E-state index in [1.54, 1.807) is 6.07 Å². The van der Waals surface area contributed by atoms with Gasteiger partial charge in [-0.15, -0.1) is 0 Å². The molecule has 2 nitrogen and oxygen atoms in total. The van der Waals surface area contributed by atoms with Gasteiger partial charge in [-0.2, -0.15) is 0 Å². The van der Waals surface area contributed by atoms with E-state index in [4.69, 9.17) is 5.73 Å². The van der Waals surface area contributed by atoms with Crippen molar-refractivity contribution in [3.63, 3.8) is 0 Å². The number of carbonyl (C=O) groups excluding carboxylic acids is 1. The second-order valence-electron chi connectivity index (χ2n) is 7.12. The monoisotopic (exact) mass is 359 g/mol. The first-order valence-electron chi connectivity index (χ1n) is 9.45. The number of rotatable bonds is 5. The third-order valence-corrected chi connectivity index (χ3v) is 4.50. The van der Waals surface area contributed by atoms with Gasteiger partial charge < -0.3 is 5.73 Å². The quantitative estimate of drug-likeness (QED) is 0.625. The van der Waals surface area contributed by atoms with Gasteiger partial charge in [0.1, 0.15) is 0 Å². The number of nitrogens with two attached hydrogens (primary N) is 1. The highest BCUT2D eigenvalue weighted by Gasteiger charge is 2.03. The molecule has 0 bridgehead atoms. The Kier molecular flexibility index (Phi) is 7.81. The standard InChI is InChI=1S/C18H21NO.C7H8/c1-13(2)16-10-8-14(9-11-16)6-7-15-4-3-5-17(12-15)18(19)20;1-7-5-3-2-4-6-7/h3-5,8-13H,6-7H2,1-2H3,(H2,19,20);2-6H,1H3. The first kappa shape index (κ1) is 20.4. The molecule has 2 N–H and O–H groups in total. The fourth-order valence-electron chi connectivity index (χ4n) is 2.77. The van der Waals surface area contributed by atoms with Crippen molar-refractivity contribution in [2.24, 2.45) is 5.73 Å². The highest BCUT2D eigenvalue weighted by Crippen LogP contribution is 2.16. The van der Waals surface area contributed by atoms with Gasteiger partial charge in [-0.3, -0.25) is 4.79 Å². The van der Waals surface area contributed by atoms with E-state index in [1.165, 1.54) is 16.7 Å². The van der Waals surface area contributed by atoms with Crippen LogP contribution in [0.2, 0.25) is 0 Å². The van der Waals surface area contributed by atoms with Crippen LogP contribution in [0.15, 0.2) is 78.9 Å². The summed E-state index contributed by atoms with van der Waals surface area (Å²) in [5, 5.41) is 0. The van der Waals surface area contributed by atoms with Crippen LogP contribution >= 0.6 is 0 Å². The smallest absolute Gasteiger partial charge is 0.248 e. The summed E-state index contributed by atoms with van der Waals surface area (Å²) < 4.78 is 0. The van der Waals surface area contributed by atoms with Crippen molar-refractivity contribution < 1.29 is 4.79 Å². The van der Waals surface area contributed by atoms with Gasteiger partial charge in [0.2, 0.25) is 5.91 Å². The van der Waals surface area contributed by atoms with Crippen LogP contribution in [-0.2, 0) is 12.8 Å². The Labute approximate surface area is 163 Å². The molecule has 3 aromatic rings. The van der Waals surface area contributed by atoms with Gasteiger partial charge >= 0.3 is 0 Å². The normalized spacial score (nSPS) is 10.2. The highest BCUT2D eigenvalue weighted by atomic mass is 16.1. The summed E-state index contributed by atoms with van der Waals surface area (Å²) in [5.74, 6) is 0.199. The maximum absolute atomic E-state index is 11.2. The Hall–Kier alpha value is -2.87. The first-order valence-corrected chi connectivity index (χ1v) is 9.45. The molecule has 0 heterocycles. The zero-order valence-corrected chi connectivity index (χ0v) is 16.5. The van der Waals surface area contributed by atoms with E-state index in [-0.39, 0.29) is 5.91 Å². The van der Waals surface area contributed by atoms with Crippen LogP contribution in [0.3, 0.4) is 0 Å². The van der Waals surface area contributed by atoms with Crippen molar-refractivity contribution in [2.75, 3.05) is 0 Å². The summed E-state index contributed by atoms with van der Waals surface area (Å²) in [4.78, 5) is 11.2. The minimum Gasteiger partial charge on any atom is -0.366 e. The number of amides is 1. The second-order valence-corrected chi connectivity index (χ2v) is 7.12. The molecule has 0 aliphatic rings. The Morgan fingerprint density at radius 2 is 1.44 bits per heavy atom. The predicted octanol–water partition coefficient (Wildman–Crippen LogP) is 5.69. The van der Waals surface area contributed by atoms with Crippen molar-refractivity contribution in [1.82, 2.24) is 0 Å². The molecule has 0 unspecified atom stereocenters.